The van der Waals surface area contributed by atoms with E-state index in [4.69, 9.17) is 14.2 Å². The summed E-state index contributed by atoms with van der Waals surface area (Å²) >= 11 is 0. The molecule has 0 N–H and O–H groups in total. The molecule has 2 aromatic heterocycles. The summed E-state index contributed by atoms with van der Waals surface area (Å²) in [6.07, 6.45) is 2.87. The Morgan fingerprint density at radius 3 is 2.45 bits per heavy atom. The first-order valence-corrected chi connectivity index (χ1v) is 8.89. The van der Waals surface area contributed by atoms with Crippen LogP contribution in [-0.2, 0) is 9.47 Å². The number of anilines is 1. The van der Waals surface area contributed by atoms with Gasteiger partial charge in [0.15, 0.2) is 5.75 Å². The fourth-order valence-electron chi connectivity index (χ4n) is 2.81. The molecule has 2 heterocycles. The van der Waals surface area contributed by atoms with Crippen molar-refractivity contribution >= 4 is 22.4 Å². The number of rotatable bonds is 10. The Balaban J connectivity index is 2.03. The van der Waals surface area contributed by atoms with E-state index in [0.29, 0.717) is 37.6 Å². The smallest absolute Gasteiger partial charge is 0.373 e. The first-order valence-electron chi connectivity index (χ1n) is 8.89. The molecule has 1 aromatic carbocycles. The maximum Gasteiger partial charge on any atom is 0.373 e. The third kappa shape index (κ3) is 4.73. The van der Waals surface area contributed by atoms with Crippen LogP contribution < -0.4 is 9.64 Å². The Morgan fingerprint density at radius 2 is 1.76 bits per heavy atom. The molecule has 152 valence electrons. The Kier molecular flexibility index (Phi) is 6.82. The molecular formula is C19H21N5O5. The second kappa shape index (κ2) is 9.71. The Hall–Kier alpha value is -3.37. The zero-order valence-electron chi connectivity index (χ0n) is 16.1. The highest BCUT2D eigenvalue weighted by Crippen LogP contribution is 2.37. The minimum atomic E-state index is -0.546. The molecular weight excluding hydrogens is 378 g/mol. The van der Waals surface area contributed by atoms with Crippen LogP contribution in [0.3, 0.4) is 0 Å². The van der Waals surface area contributed by atoms with Gasteiger partial charge in [-0.1, -0.05) is 18.2 Å². The quantitative estimate of drug-likeness (QED) is 0.375. The van der Waals surface area contributed by atoms with Crippen LogP contribution in [0, 0.1) is 10.1 Å². The highest BCUT2D eigenvalue weighted by atomic mass is 16.6. The average molecular weight is 399 g/mol. The number of benzene rings is 1. The maximum absolute atomic E-state index is 11.9. The highest BCUT2D eigenvalue weighted by Gasteiger charge is 2.29. The minimum Gasteiger partial charge on any atom is -0.431 e. The number of pyridine rings is 1. The SMILES string of the molecule is COCCN(CCOC)c1ncnc(Oc2cccc3cccnc23)c1[N+](=O)[O-]. The lowest BCUT2D eigenvalue weighted by Crippen LogP contribution is -2.32. The van der Waals surface area contributed by atoms with E-state index in [1.54, 1.807) is 43.5 Å². The fourth-order valence-corrected chi connectivity index (χ4v) is 2.81. The average Bonchev–Trinajstić information content (AvgIpc) is 2.74. The standard InChI is InChI=1S/C19H21N5O5/c1-27-11-9-23(10-12-28-2)18-17(24(25)26)19(22-13-21-18)29-15-7-3-5-14-6-4-8-20-16(14)15/h3-8,13H,9-12H2,1-2H3. The first kappa shape index (κ1) is 20.4. The van der Waals surface area contributed by atoms with Crippen molar-refractivity contribution in [2.75, 3.05) is 45.4 Å². The molecule has 0 amide bonds. The number of fused-ring (bicyclic) bond motifs is 1. The van der Waals surface area contributed by atoms with Gasteiger partial charge in [0.25, 0.3) is 0 Å². The van der Waals surface area contributed by atoms with E-state index in [1.807, 2.05) is 12.1 Å². The molecule has 0 radical (unpaired) electrons. The second-order valence-corrected chi connectivity index (χ2v) is 6.01. The van der Waals surface area contributed by atoms with E-state index in [2.05, 4.69) is 15.0 Å². The van der Waals surface area contributed by atoms with Gasteiger partial charge in [-0.05, 0) is 12.1 Å². The molecule has 10 nitrogen and oxygen atoms in total. The summed E-state index contributed by atoms with van der Waals surface area (Å²) in [6, 6.07) is 9.05. The minimum absolute atomic E-state index is 0.141. The normalized spacial score (nSPS) is 10.8. The number of nitro groups is 1. The van der Waals surface area contributed by atoms with Crippen LogP contribution in [0.2, 0.25) is 0 Å². The largest absolute Gasteiger partial charge is 0.431 e. The van der Waals surface area contributed by atoms with E-state index in [-0.39, 0.29) is 17.4 Å². The number of ether oxygens (including phenoxy) is 3. The molecule has 0 saturated carbocycles. The van der Waals surface area contributed by atoms with Crippen LogP contribution in [0.25, 0.3) is 10.9 Å². The predicted octanol–water partition coefficient (Wildman–Crippen LogP) is 2.82. The molecule has 0 spiro atoms. The van der Waals surface area contributed by atoms with Gasteiger partial charge in [-0.2, -0.15) is 4.98 Å². The molecule has 0 aliphatic carbocycles. The zero-order valence-corrected chi connectivity index (χ0v) is 16.1. The summed E-state index contributed by atoms with van der Waals surface area (Å²) in [6.45, 7) is 1.53. The molecule has 0 bridgehead atoms. The lowest BCUT2D eigenvalue weighted by Gasteiger charge is -2.22. The number of hydrogen-bond acceptors (Lipinski definition) is 9. The van der Waals surface area contributed by atoms with E-state index in [9.17, 15) is 10.1 Å². The summed E-state index contributed by atoms with van der Waals surface area (Å²) in [5, 5.41) is 12.7. The van der Waals surface area contributed by atoms with Crippen molar-refractivity contribution in [2.45, 2.75) is 0 Å². The molecule has 3 aromatic rings. The number of aromatic nitrogens is 3. The van der Waals surface area contributed by atoms with E-state index < -0.39 is 4.92 Å². The Labute approximate surface area is 167 Å². The number of nitrogens with zero attached hydrogens (tertiary/aromatic N) is 5. The van der Waals surface area contributed by atoms with Crippen LogP contribution >= 0.6 is 0 Å². The van der Waals surface area contributed by atoms with Crippen LogP contribution in [0.5, 0.6) is 11.6 Å². The number of methoxy groups -OCH3 is 2. The summed E-state index contributed by atoms with van der Waals surface area (Å²) in [4.78, 5) is 25.5. The molecule has 0 atom stereocenters. The molecule has 0 aliphatic heterocycles. The molecule has 0 aliphatic rings. The predicted molar refractivity (Wildman–Crippen MR) is 106 cm³/mol. The van der Waals surface area contributed by atoms with E-state index in [0.717, 1.165) is 5.39 Å². The van der Waals surface area contributed by atoms with Crippen molar-refractivity contribution in [3.8, 4) is 11.6 Å². The highest BCUT2D eigenvalue weighted by molar-refractivity contribution is 5.84. The summed E-state index contributed by atoms with van der Waals surface area (Å²) in [5.74, 6) is 0.358. The van der Waals surface area contributed by atoms with Crippen LogP contribution in [0.15, 0.2) is 42.9 Å². The summed E-state index contributed by atoms with van der Waals surface area (Å²) in [5.41, 5.74) is 0.257. The van der Waals surface area contributed by atoms with Gasteiger partial charge < -0.3 is 19.1 Å². The zero-order chi connectivity index (χ0) is 20.6. The topological polar surface area (TPSA) is 113 Å². The van der Waals surface area contributed by atoms with Gasteiger partial charge >= 0.3 is 11.6 Å². The molecule has 0 unspecified atom stereocenters. The van der Waals surface area contributed by atoms with Crippen molar-refractivity contribution in [1.82, 2.24) is 15.0 Å². The number of para-hydroxylation sites is 1. The van der Waals surface area contributed by atoms with Gasteiger partial charge in [0.1, 0.15) is 11.8 Å². The second-order valence-electron chi connectivity index (χ2n) is 6.01. The number of hydrogen-bond donors (Lipinski definition) is 0. The van der Waals surface area contributed by atoms with Crippen molar-refractivity contribution < 1.29 is 19.1 Å². The van der Waals surface area contributed by atoms with Gasteiger partial charge in [0, 0.05) is 38.9 Å². The third-order valence-electron chi connectivity index (χ3n) is 4.18. The maximum atomic E-state index is 11.9. The Bertz CT molecular complexity index is 971. The van der Waals surface area contributed by atoms with Crippen molar-refractivity contribution in [3.05, 3.63) is 53.0 Å². The van der Waals surface area contributed by atoms with Gasteiger partial charge in [-0.3, -0.25) is 15.1 Å². The van der Waals surface area contributed by atoms with Crippen molar-refractivity contribution in [1.29, 1.82) is 0 Å². The molecule has 0 fully saturated rings. The fraction of sp³-hybridized carbons (Fsp3) is 0.316. The Morgan fingerprint density at radius 1 is 1.03 bits per heavy atom. The van der Waals surface area contributed by atoms with E-state index in [1.165, 1.54) is 6.33 Å². The lowest BCUT2D eigenvalue weighted by atomic mass is 10.2. The third-order valence-corrected chi connectivity index (χ3v) is 4.18. The van der Waals surface area contributed by atoms with E-state index >= 15 is 0 Å². The monoisotopic (exact) mass is 399 g/mol. The van der Waals surface area contributed by atoms with Gasteiger partial charge in [-0.15, -0.1) is 0 Å². The molecule has 10 heteroatoms. The van der Waals surface area contributed by atoms with Crippen LogP contribution in [0.1, 0.15) is 0 Å². The molecule has 3 rings (SSSR count). The lowest BCUT2D eigenvalue weighted by molar-refractivity contribution is -0.385. The van der Waals surface area contributed by atoms with Gasteiger partial charge in [-0.25, -0.2) is 4.98 Å². The van der Waals surface area contributed by atoms with Crippen molar-refractivity contribution in [3.63, 3.8) is 0 Å². The molecule has 0 saturated heterocycles. The summed E-state index contributed by atoms with van der Waals surface area (Å²) in [7, 11) is 3.12. The van der Waals surface area contributed by atoms with Crippen molar-refractivity contribution in [2.24, 2.45) is 0 Å². The summed E-state index contributed by atoms with van der Waals surface area (Å²) < 4.78 is 16.1. The van der Waals surface area contributed by atoms with Crippen LogP contribution in [0.4, 0.5) is 11.5 Å². The molecule has 29 heavy (non-hydrogen) atoms. The first-order chi connectivity index (χ1) is 14.2. The van der Waals surface area contributed by atoms with Gasteiger partial charge in [0.05, 0.1) is 18.1 Å². The van der Waals surface area contributed by atoms with Crippen LogP contribution in [-0.4, -0.2) is 60.4 Å². The van der Waals surface area contributed by atoms with Gasteiger partial charge in [0.2, 0.25) is 5.82 Å².